The summed E-state index contributed by atoms with van der Waals surface area (Å²) in [7, 11) is 0. The molecule has 2 aromatic rings. The van der Waals surface area contributed by atoms with Crippen LogP contribution in [-0.4, -0.2) is 35.4 Å². The van der Waals surface area contributed by atoms with Crippen LogP contribution in [0.3, 0.4) is 0 Å². The van der Waals surface area contributed by atoms with Crippen molar-refractivity contribution >= 4 is 0 Å². The predicted molar refractivity (Wildman–Crippen MR) is 86.6 cm³/mol. The first kappa shape index (κ1) is 15.7. The van der Waals surface area contributed by atoms with E-state index in [2.05, 4.69) is 4.90 Å². The molecule has 0 spiro atoms. The molecule has 2 heterocycles. The number of fused-ring (bicyclic) bond motifs is 1. The lowest BCUT2D eigenvalue weighted by molar-refractivity contribution is -0.0630. The minimum Gasteiger partial charge on any atom is -0.394 e. The van der Waals surface area contributed by atoms with Gasteiger partial charge in [0.05, 0.1) is 25.4 Å². The quantitative estimate of drug-likeness (QED) is 0.940. The largest absolute Gasteiger partial charge is 0.394 e. The molecule has 0 aliphatic carbocycles. The van der Waals surface area contributed by atoms with Crippen LogP contribution in [0.4, 0.5) is 4.39 Å². The molecule has 0 saturated carbocycles. The standard InChI is InChI=1S/C19H20FNO3/c1-13-2-4-14(5-3-13)17-21-18(15-6-8-16(20)9-7-15)24-12-19(21,10-22)11-23-17/h2-9,17-18,22H,10-12H2,1H3/t17-,18-,19+/m0/s1. The van der Waals surface area contributed by atoms with Crippen LogP contribution >= 0.6 is 0 Å². The fraction of sp³-hybridized carbons (Fsp3) is 0.368. The van der Waals surface area contributed by atoms with Crippen molar-refractivity contribution in [2.75, 3.05) is 19.8 Å². The first-order valence-electron chi connectivity index (χ1n) is 8.07. The number of aryl methyl sites for hydroxylation is 1. The molecule has 2 aliphatic heterocycles. The molecule has 5 heteroatoms. The molecule has 0 radical (unpaired) electrons. The fourth-order valence-corrected chi connectivity index (χ4v) is 3.48. The Labute approximate surface area is 140 Å². The SMILES string of the molecule is Cc1ccc([C@@H]2OC[C@]3(CO)CO[C@@H](c4ccc(F)cc4)N23)cc1. The van der Waals surface area contributed by atoms with Gasteiger partial charge in [-0.05, 0) is 30.2 Å². The van der Waals surface area contributed by atoms with E-state index in [1.54, 1.807) is 12.1 Å². The van der Waals surface area contributed by atoms with Crippen molar-refractivity contribution in [2.45, 2.75) is 24.9 Å². The summed E-state index contributed by atoms with van der Waals surface area (Å²) >= 11 is 0. The molecule has 24 heavy (non-hydrogen) atoms. The maximum Gasteiger partial charge on any atom is 0.139 e. The van der Waals surface area contributed by atoms with Crippen molar-refractivity contribution in [3.05, 3.63) is 71.0 Å². The summed E-state index contributed by atoms with van der Waals surface area (Å²) in [6.45, 7) is 2.78. The predicted octanol–water partition coefficient (Wildman–Crippen LogP) is 2.93. The second-order valence-electron chi connectivity index (χ2n) is 6.58. The minimum absolute atomic E-state index is 0.0486. The normalized spacial score (nSPS) is 29.8. The van der Waals surface area contributed by atoms with Gasteiger partial charge < -0.3 is 14.6 Å². The first-order valence-corrected chi connectivity index (χ1v) is 8.07. The summed E-state index contributed by atoms with van der Waals surface area (Å²) < 4.78 is 25.3. The van der Waals surface area contributed by atoms with Gasteiger partial charge in [0.15, 0.2) is 0 Å². The lowest BCUT2D eigenvalue weighted by Gasteiger charge is -2.33. The highest BCUT2D eigenvalue weighted by atomic mass is 19.1. The van der Waals surface area contributed by atoms with E-state index in [4.69, 9.17) is 9.47 Å². The second-order valence-corrected chi connectivity index (χ2v) is 6.58. The number of benzene rings is 2. The van der Waals surface area contributed by atoms with Crippen molar-refractivity contribution in [2.24, 2.45) is 0 Å². The summed E-state index contributed by atoms with van der Waals surface area (Å²) in [6.07, 6.45) is -0.665. The summed E-state index contributed by atoms with van der Waals surface area (Å²) in [5, 5.41) is 9.98. The number of rotatable bonds is 3. The van der Waals surface area contributed by atoms with E-state index in [9.17, 15) is 9.50 Å². The number of nitrogens with zero attached hydrogens (tertiary/aromatic N) is 1. The third-order valence-corrected chi connectivity index (χ3v) is 4.88. The summed E-state index contributed by atoms with van der Waals surface area (Å²) in [4.78, 5) is 2.07. The molecule has 0 aromatic heterocycles. The van der Waals surface area contributed by atoms with E-state index in [1.807, 2.05) is 31.2 Å². The van der Waals surface area contributed by atoms with Crippen molar-refractivity contribution in [1.29, 1.82) is 0 Å². The fourth-order valence-electron chi connectivity index (χ4n) is 3.48. The Balaban J connectivity index is 1.72. The van der Waals surface area contributed by atoms with E-state index < -0.39 is 5.54 Å². The Morgan fingerprint density at radius 2 is 1.50 bits per heavy atom. The molecule has 0 unspecified atom stereocenters. The summed E-state index contributed by atoms with van der Waals surface area (Å²) in [5.41, 5.74) is 2.50. The molecule has 4 nitrogen and oxygen atoms in total. The van der Waals surface area contributed by atoms with Crippen molar-refractivity contribution in [1.82, 2.24) is 4.90 Å². The average molecular weight is 329 g/mol. The van der Waals surface area contributed by atoms with Gasteiger partial charge in [-0.25, -0.2) is 9.29 Å². The van der Waals surface area contributed by atoms with Crippen LogP contribution in [0.5, 0.6) is 0 Å². The van der Waals surface area contributed by atoms with Gasteiger partial charge in [-0.1, -0.05) is 42.0 Å². The Morgan fingerprint density at radius 1 is 1.00 bits per heavy atom. The molecule has 2 aromatic carbocycles. The topological polar surface area (TPSA) is 41.9 Å². The lowest BCUT2D eigenvalue weighted by Crippen LogP contribution is -2.47. The summed E-state index contributed by atoms with van der Waals surface area (Å²) in [5.74, 6) is -0.280. The second kappa shape index (κ2) is 5.93. The van der Waals surface area contributed by atoms with Crippen LogP contribution in [0.2, 0.25) is 0 Å². The minimum atomic E-state index is -0.561. The van der Waals surface area contributed by atoms with Crippen LogP contribution in [-0.2, 0) is 9.47 Å². The lowest BCUT2D eigenvalue weighted by atomic mass is 10.0. The van der Waals surface area contributed by atoms with Crippen LogP contribution in [0.1, 0.15) is 29.1 Å². The van der Waals surface area contributed by atoms with E-state index >= 15 is 0 Å². The van der Waals surface area contributed by atoms with Gasteiger partial charge >= 0.3 is 0 Å². The molecule has 2 fully saturated rings. The van der Waals surface area contributed by atoms with E-state index in [0.717, 1.165) is 11.1 Å². The van der Waals surface area contributed by atoms with Crippen LogP contribution < -0.4 is 0 Å². The van der Waals surface area contributed by atoms with Crippen molar-refractivity contribution < 1.29 is 19.0 Å². The molecule has 126 valence electrons. The van der Waals surface area contributed by atoms with E-state index in [1.165, 1.54) is 17.7 Å². The van der Waals surface area contributed by atoms with Gasteiger partial charge in [0.25, 0.3) is 0 Å². The highest BCUT2D eigenvalue weighted by molar-refractivity contribution is 5.27. The maximum absolute atomic E-state index is 13.2. The smallest absolute Gasteiger partial charge is 0.139 e. The Kier molecular flexibility index (Phi) is 3.89. The highest BCUT2D eigenvalue weighted by Gasteiger charge is 2.56. The van der Waals surface area contributed by atoms with Gasteiger partial charge in [0, 0.05) is 0 Å². The monoisotopic (exact) mass is 329 g/mol. The highest BCUT2D eigenvalue weighted by Crippen LogP contribution is 2.48. The molecule has 2 saturated heterocycles. The van der Waals surface area contributed by atoms with Crippen LogP contribution in [0.15, 0.2) is 48.5 Å². The van der Waals surface area contributed by atoms with Gasteiger partial charge in [-0.3, -0.25) is 0 Å². The molecule has 2 aliphatic rings. The van der Waals surface area contributed by atoms with Gasteiger partial charge in [-0.2, -0.15) is 0 Å². The van der Waals surface area contributed by atoms with Crippen molar-refractivity contribution in [3.8, 4) is 0 Å². The molecule has 3 atom stereocenters. The number of aliphatic hydroxyl groups is 1. The summed E-state index contributed by atoms with van der Waals surface area (Å²) in [6, 6.07) is 14.4. The number of hydrogen-bond acceptors (Lipinski definition) is 4. The number of hydrogen-bond donors (Lipinski definition) is 1. The molecule has 0 bridgehead atoms. The zero-order valence-corrected chi connectivity index (χ0v) is 13.5. The number of halogens is 1. The van der Waals surface area contributed by atoms with Crippen LogP contribution in [0, 0.1) is 12.7 Å². The number of aliphatic hydroxyl groups excluding tert-OH is 1. The molecular weight excluding hydrogens is 309 g/mol. The molecule has 4 rings (SSSR count). The molecule has 0 amide bonds. The zero-order valence-electron chi connectivity index (χ0n) is 13.5. The Bertz CT molecular complexity index is 659. The Hall–Kier alpha value is -1.79. The number of ether oxygens (including phenoxy) is 2. The van der Waals surface area contributed by atoms with Gasteiger partial charge in [-0.15, -0.1) is 0 Å². The van der Waals surface area contributed by atoms with Gasteiger partial charge in [0.1, 0.15) is 18.3 Å². The van der Waals surface area contributed by atoms with Gasteiger partial charge in [0.2, 0.25) is 0 Å². The molecular formula is C19H20FNO3. The maximum atomic E-state index is 13.2. The first-order chi connectivity index (χ1) is 11.6. The zero-order chi connectivity index (χ0) is 16.7. The third kappa shape index (κ3) is 2.45. The van der Waals surface area contributed by atoms with Crippen molar-refractivity contribution in [3.63, 3.8) is 0 Å². The van der Waals surface area contributed by atoms with Crippen LogP contribution in [0.25, 0.3) is 0 Å². The third-order valence-electron chi connectivity index (χ3n) is 4.88. The van der Waals surface area contributed by atoms with E-state index in [-0.39, 0.29) is 24.9 Å². The molecule has 1 N–H and O–H groups in total. The average Bonchev–Trinajstić information content (AvgIpc) is 3.14. The Morgan fingerprint density at radius 3 is 2.00 bits per heavy atom. The van der Waals surface area contributed by atoms with E-state index in [0.29, 0.717) is 13.2 Å².